The maximum atomic E-state index is 5.94. The zero-order valence-electron chi connectivity index (χ0n) is 11.7. The zero-order valence-corrected chi connectivity index (χ0v) is 11.7. The van der Waals surface area contributed by atoms with Gasteiger partial charge in [-0.15, -0.1) is 0 Å². The number of nitrogens with one attached hydrogen (secondary N) is 1. The van der Waals surface area contributed by atoms with E-state index in [1.807, 2.05) is 0 Å². The second-order valence-electron chi connectivity index (χ2n) is 4.37. The molecule has 4 nitrogen and oxygen atoms in total. The van der Waals surface area contributed by atoms with E-state index < -0.39 is 0 Å². The maximum Gasteiger partial charge on any atom is 0.114 e. The van der Waals surface area contributed by atoms with Crippen LogP contribution in [0.15, 0.2) is 0 Å². The lowest BCUT2D eigenvalue weighted by atomic mass is 10.1. The molecule has 1 heterocycles. The normalized spacial score (nSPS) is 27.4. The summed E-state index contributed by atoms with van der Waals surface area (Å²) in [7, 11) is 4.18. The van der Waals surface area contributed by atoms with Gasteiger partial charge in [0.15, 0.2) is 0 Å². The molecule has 4 heteroatoms. The molecular formula is C12H30N4. The highest BCUT2D eigenvalue weighted by Crippen LogP contribution is 2.15. The molecule has 1 fully saturated rings. The Hall–Kier alpha value is -0.160. The number of hydrogen-bond acceptors (Lipinski definition) is 4. The molecule has 1 rings (SSSR count). The maximum absolute atomic E-state index is 5.94. The first-order chi connectivity index (χ1) is 7.58. The second kappa shape index (κ2) is 8.93. The van der Waals surface area contributed by atoms with Gasteiger partial charge in [-0.3, -0.25) is 9.80 Å². The summed E-state index contributed by atoms with van der Waals surface area (Å²) >= 11 is 0. The van der Waals surface area contributed by atoms with Crippen LogP contribution in [0.4, 0.5) is 0 Å². The van der Waals surface area contributed by atoms with Crippen LogP contribution in [0.3, 0.4) is 0 Å². The van der Waals surface area contributed by atoms with Crippen molar-refractivity contribution in [2.75, 3.05) is 33.7 Å². The minimum absolute atomic E-state index is 0.119. The predicted molar refractivity (Wildman–Crippen MR) is 71.3 cm³/mol. The molecule has 0 aliphatic carbocycles. The molecule has 98 valence electrons. The third-order valence-electron chi connectivity index (χ3n) is 3.23. The second-order valence-corrected chi connectivity index (χ2v) is 4.37. The number of hydrogen-bond donors (Lipinski definition) is 2. The third kappa shape index (κ3) is 5.25. The Kier molecular flexibility index (Phi) is 8.84. The fourth-order valence-electron chi connectivity index (χ4n) is 1.96. The zero-order chi connectivity index (χ0) is 12.6. The van der Waals surface area contributed by atoms with Crippen LogP contribution in [0.25, 0.3) is 0 Å². The molecule has 0 radical (unpaired) electrons. The Morgan fingerprint density at radius 1 is 1.19 bits per heavy atom. The predicted octanol–water partition coefficient (Wildman–Crippen LogP) is 0.890. The number of nitrogens with zero attached hydrogens (tertiary/aromatic N) is 2. The fraction of sp³-hybridized carbons (Fsp3) is 1.00. The van der Waals surface area contributed by atoms with Crippen molar-refractivity contribution in [2.24, 2.45) is 5.73 Å². The summed E-state index contributed by atoms with van der Waals surface area (Å²) in [6.45, 7) is 9.74. The van der Waals surface area contributed by atoms with Gasteiger partial charge in [-0.1, -0.05) is 20.8 Å². The van der Waals surface area contributed by atoms with Crippen molar-refractivity contribution in [3.8, 4) is 0 Å². The summed E-state index contributed by atoms with van der Waals surface area (Å²) in [5.74, 6) is 0. The minimum Gasteiger partial charge on any atom is -0.317 e. The van der Waals surface area contributed by atoms with E-state index in [1.54, 1.807) is 0 Å². The highest BCUT2D eigenvalue weighted by molar-refractivity contribution is 4.78. The van der Waals surface area contributed by atoms with Crippen molar-refractivity contribution in [2.45, 2.75) is 45.9 Å². The average Bonchev–Trinajstić information content (AvgIpc) is 2.28. The smallest absolute Gasteiger partial charge is 0.114 e. The first-order valence-electron chi connectivity index (χ1n) is 6.46. The topological polar surface area (TPSA) is 44.5 Å². The van der Waals surface area contributed by atoms with E-state index in [1.165, 1.54) is 12.8 Å². The molecule has 3 N–H and O–H groups in total. The summed E-state index contributed by atoms with van der Waals surface area (Å²) in [6, 6.07) is 0.682. The van der Waals surface area contributed by atoms with Crippen LogP contribution >= 0.6 is 0 Å². The Morgan fingerprint density at radius 2 is 1.75 bits per heavy atom. The van der Waals surface area contributed by atoms with E-state index in [0.717, 1.165) is 19.6 Å². The molecular weight excluding hydrogens is 200 g/mol. The van der Waals surface area contributed by atoms with Crippen LogP contribution < -0.4 is 11.1 Å². The lowest BCUT2D eigenvalue weighted by Gasteiger charge is -2.42. The van der Waals surface area contributed by atoms with Gasteiger partial charge in [-0.2, -0.15) is 0 Å². The Bertz CT molecular complexity index is 159. The standard InChI is InChI=1S/C8H19N3.C4H11N/c1-4-7-5-6-10(2)8(9)11(7)3;1-3-5-4-2/h7-8H,4-6,9H2,1-3H3;5H,3-4H2,1-2H3. The largest absolute Gasteiger partial charge is 0.317 e. The SMILES string of the molecule is CCC1CCN(C)C(N)N1C.CCNCC. The van der Waals surface area contributed by atoms with Gasteiger partial charge in [0.25, 0.3) is 0 Å². The van der Waals surface area contributed by atoms with E-state index in [4.69, 9.17) is 5.73 Å². The Morgan fingerprint density at radius 3 is 2.12 bits per heavy atom. The van der Waals surface area contributed by atoms with Gasteiger partial charge >= 0.3 is 0 Å². The van der Waals surface area contributed by atoms with Crippen molar-refractivity contribution in [1.29, 1.82) is 0 Å². The molecule has 0 aromatic heterocycles. The summed E-state index contributed by atoms with van der Waals surface area (Å²) in [6.07, 6.45) is 2.57. The van der Waals surface area contributed by atoms with Gasteiger partial charge in [-0.25, -0.2) is 0 Å². The van der Waals surface area contributed by atoms with Gasteiger partial charge in [0.1, 0.15) is 6.29 Å². The average molecular weight is 230 g/mol. The van der Waals surface area contributed by atoms with Gasteiger partial charge in [0.2, 0.25) is 0 Å². The monoisotopic (exact) mass is 230 g/mol. The van der Waals surface area contributed by atoms with Crippen LogP contribution in [-0.4, -0.2) is 55.9 Å². The van der Waals surface area contributed by atoms with E-state index in [2.05, 4.69) is 50.0 Å². The van der Waals surface area contributed by atoms with Crippen molar-refractivity contribution in [1.82, 2.24) is 15.1 Å². The van der Waals surface area contributed by atoms with Crippen LogP contribution in [-0.2, 0) is 0 Å². The van der Waals surface area contributed by atoms with Gasteiger partial charge < -0.3 is 11.1 Å². The molecule has 0 amide bonds. The van der Waals surface area contributed by atoms with Crippen LogP contribution in [0, 0.1) is 0 Å². The summed E-state index contributed by atoms with van der Waals surface area (Å²) in [4.78, 5) is 4.44. The molecule has 0 aromatic rings. The van der Waals surface area contributed by atoms with Gasteiger partial charge in [0, 0.05) is 12.6 Å². The van der Waals surface area contributed by atoms with Gasteiger partial charge in [-0.05, 0) is 40.0 Å². The molecule has 2 atom stereocenters. The quantitative estimate of drug-likeness (QED) is 0.756. The minimum atomic E-state index is 0.119. The number of rotatable bonds is 3. The van der Waals surface area contributed by atoms with Crippen LogP contribution in [0.2, 0.25) is 0 Å². The Balaban J connectivity index is 0.000000385. The molecule has 0 saturated carbocycles. The fourth-order valence-corrected chi connectivity index (χ4v) is 1.96. The molecule has 0 spiro atoms. The molecule has 16 heavy (non-hydrogen) atoms. The van der Waals surface area contributed by atoms with E-state index in [-0.39, 0.29) is 6.29 Å². The molecule has 1 aliphatic heterocycles. The lowest BCUT2D eigenvalue weighted by Crippen LogP contribution is -2.59. The lowest BCUT2D eigenvalue weighted by molar-refractivity contribution is 0.00302. The van der Waals surface area contributed by atoms with Crippen molar-refractivity contribution >= 4 is 0 Å². The summed E-state index contributed by atoms with van der Waals surface area (Å²) < 4.78 is 0. The summed E-state index contributed by atoms with van der Waals surface area (Å²) in [5, 5.41) is 3.11. The molecule has 0 bridgehead atoms. The number of nitrogens with two attached hydrogens (primary N) is 1. The molecule has 2 unspecified atom stereocenters. The first-order valence-corrected chi connectivity index (χ1v) is 6.46. The van der Waals surface area contributed by atoms with Crippen molar-refractivity contribution in [3.05, 3.63) is 0 Å². The molecule has 1 aliphatic rings. The van der Waals surface area contributed by atoms with Crippen molar-refractivity contribution in [3.63, 3.8) is 0 Å². The van der Waals surface area contributed by atoms with E-state index in [0.29, 0.717) is 6.04 Å². The van der Waals surface area contributed by atoms with Gasteiger partial charge in [0.05, 0.1) is 0 Å². The first kappa shape index (κ1) is 15.8. The van der Waals surface area contributed by atoms with Crippen molar-refractivity contribution < 1.29 is 0 Å². The third-order valence-corrected chi connectivity index (χ3v) is 3.23. The highest BCUT2D eigenvalue weighted by Gasteiger charge is 2.26. The molecule has 0 aromatic carbocycles. The van der Waals surface area contributed by atoms with E-state index in [9.17, 15) is 0 Å². The Labute approximate surface area is 101 Å². The van der Waals surface area contributed by atoms with Crippen LogP contribution in [0.1, 0.15) is 33.6 Å². The summed E-state index contributed by atoms with van der Waals surface area (Å²) in [5.41, 5.74) is 5.94. The van der Waals surface area contributed by atoms with E-state index >= 15 is 0 Å². The highest BCUT2D eigenvalue weighted by atomic mass is 15.4. The molecule has 1 saturated heterocycles. The van der Waals surface area contributed by atoms with Crippen LogP contribution in [0.5, 0.6) is 0 Å².